The zero-order valence-corrected chi connectivity index (χ0v) is 11.9. The topological polar surface area (TPSA) is 20.2 Å². The molecule has 0 amide bonds. The molecule has 3 fully saturated rings. The van der Waals surface area contributed by atoms with E-state index in [4.69, 9.17) is 0 Å². The van der Waals surface area contributed by atoms with E-state index in [0.29, 0.717) is 16.7 Å². The van der Waals surface area contributed by atoms with E-state index in [1.54, 1.807) is 0 Å². The van der Waals surface area contributed by atoms with Crippen LogP contribution in [-0.4, -0.2) is 11.2 Å². The van der Waals surface area contributed by atoms with Crippen molar-refractivity contribution < 1.29 is 5.11 Å². The highest BCUT2D eigenvalue weighted by Crippen LogP contribution is 2.71. The molecule has 0 aromatic carbocycles. The largest absolute Gasteiger partial charge is 0.393 e. The van der Waals surface area contributed by atoms with E-state index >= 15 is 0 Å². The molecule has 98 valence electrons. The van der Waals surface area contributed by atoms with Crippen molar-refractivity contribution in [1.82, 2.24) is 0 Å². The molecule has 1 heteroatoms. The van der Waals surface area contributed by atoms with E-state index in [0.717, 1.165) is 17.8 Å². The van der Waals surface area contributed by atoms with Crippen LogP contribution in [0.15, 0.2) is 0 Å². The Morgan fingerprint density at radius 1 is 1.12 bits per heavy atom. The van der Waals surface area contributed by atoms with Gasteiger partial charge in [-0.25, -0.2) is 0 Å². The first-order chi connectivity index (χ1) is 7.88. The second-order valence-corrected chi connectivity index (χ2v) is 7.99. The van der Waals surface area contributed by atoms with Gasteiger partial charge in [-0.1, -0.05) is 27.2 Å². The summed E-state index contributed by atoms with van der Waals surface area (Å²) in [4.78, 5) is 0. The lowest BCUT2D eigenvalue weighted by molar-refractivity contribution is -0.0117. The lowest BCUT2D eigenvalue weighted by Gasteiger charge is -2.43. The Hall–Kier alpha value is -0.0400. The molecule has 6 atom stereocenters. The summed E-state index contributed by atoms with van der Waals surface area (Å²) in [6.07, 6.45) is 6.82. The van der Waals surface area contributed by atoms with Crippen molar-refractivity contribution in [2.75, 3.05) is 0 Å². The van der Waals surface area contributed by atoms with Gasteiger partial charge in [0.05, 0.1) is 6.10 Å². The van der Waals surface area contributed by atoms with Gasteiger partial charge in [0.15, 0.2) is 0 Å². The second-order valence-electron chi connectivity index (χ2n) is 7.99. The molecule has 0 aromatic heterocycles. The molecule has 3 saturated carbocycles. The van der Waals surface area contributed by atoms with Gasteiger partial charge >= 0.3 is 0 Å². The first-order valence-electron chi connectivity index (χ1n) is 7.56. The van der Waals surface area contributed by atoms with Crippen molar-refractivity contribution in [3.63, 3.8) is 0 Å². The van der Waals surface area contributed by atoms with Crippen molar-refractivity contribution in [3.05, 3.63) is 0 Å². The van der Waals surface area contributed by atoms with Gasteiger partial charge in [0.2, 0.25) is 0 Å². The van der Waals surface area contributed by atoms with E-state index in [1.807, 2.05) is 6.92 Å². The van der Waals surface area contributed by atoms with Crippen molar-refractivity contribution in [1.29, 1.82) is 0 Å². The maximum absolute atomic E-state index is 10.2. The molecule has 0 unspecified atom stereocenters. The van der Waals surface area contributed by atoms with E-state index in [-0.39, 0.29) is 6.10 Å². The highest BCUT2D eigenvalue weighted by molar-refractivity contribution is 5.13. The van der Waals surface area contributed by atoms with Crippen molar-refractivity contribution in [3.8, 4) is 0 Å². The molecule has 3 rings (SSSR count). The van der Waals surface area contributed by atoms with Gasteiger partial charge in [0, 0.05) is 0 Å². The maximum Gasteiger partial charge on any atom is 0.0548 e. The van der Waals surface area contributed by atoms with Crippen LogP contribution in [0.3, 0.4) is 0 Å². The molecule has 0 heterocycles. The molecule has 0 radical (unpaired) electrons. The highest BCUT2D eigenvalue weighted by Gasteiger charge is 2.65. The van der Waals surface area contributed by atoms with Gasteiger partial charge in [0.25, 0.3) is 0 Å². The molecule has 0 aliphatic heterocycles. The van der Waals surface area contributed by atoms with Crippen LogP contribution in [0, 0.1) is 34.5 Å². The summed E-state index contributed by atoms with van der Waals surface area (Å²) in [5.74, 6) is 3.16. The van der Waals surface area contributed by atoms with Crippen LogP contribution in [0.1, 0.15) is 59.8 Å². The quantitative estimate of drug-likeness (QED) is 0.733. The SMILES string of the molecule is C[C@H](O)[C@H]1[C@H]2CC[C@@H]3[C@H]2C(C)(C)CCC[C@]13C. The van der Waals surface area contributed by atoms with Gasteiger partial charge in [-0.15, -0.1) is 0 Å². The standard InChI is InChI=1S/C16H28O/c1-10(17)13-11-6-7-12-14(11)15(2,3)8-5-9-16(12,13)4/h10-14,17H,5-9H2,1-4H3/t10-,11+,12+,13-,14-,16-/m0/s1. The summed E-state index contributed by atoms with van der Waals surface area (Å²) >= 11 is 0. The summed E-state index contributed by atoms with van der Waals surface area (Å²) < 4.78 is 0. The molecule has 3 aliphatic rings. The maximum atomic E-state index is 10.2. The van der Waals surface area contributed by atoms with Crippen LogP contribution in [0.25, 0.3) is 0 Å². The monoisotopic (exact) mass is 236 g/mol. The number of aliphatic hydroxyl groups is 1. The minimum Gasteiger partial charge on any atom is -0.393 e. The van der Waals surface area contributed by atoms with Gasteiger partial charge in [0.1, 0.15) is 0 Å². The fraction of sp³-hybridized carbons (Fsp3) is 1.00. The molecule has 1 nitrogen and oxygen atoms in total. The molecular weight excluding hydrogens is 208 g/mol. The first kappa shape index (κ1) is 12.0. The first-order valence-corrected chi connectivity index (χ1v) is 7.56. The van der Waals surface area contributed by atoms with Gasteiger partial charge < -0.3 is 5.11 Å². The number of hydrogen-bond acceptors (Lipinski definition) is 1. The molecule has 0 saturated heterocycles. The Bertz CT molecular complexity index is 319. The van der Waals surface area contributed by atoms with Crippen molar-refractivity contribution in [2.45, 2.75) is 65.9 Å². The Morgan fingerprint density at radius 2 is 1.82 bits per heavy atom. The van der Waals surface area contributed by atoms with Crippen LogP contribution in [0.4, 0.5) is 0 Å². The highest BCUT2D eigenvalue weighted by atomic mass is 16.3. The molecule has 17 heavy (non-hydrogen) atoms. The minimum absolute atomic E-state index is 0.105. The van der Waals surface area contributed by atoms with Crippen LogP contribution in [0.2, 0.25) is 0 Å². The van der Waals surface area contributed by atoms with Crippen molar-refractivity contribution in [2.24, 2.45) is 34.5 Å². The lowest BCUT2D eigenvalue weighted by atomic mass is 9.63. The summed E-state index contributed by atoms with van der Waals surface area (Å²) in [5.41, 5.74) is 0.947. The van der Waals surface area contributed by atoms with Gasteiger partial charge in [-0.3, -0.25) is 0 Å². The van der Waals surface area contributed by atoms with Crippen molar-refractivity contribution >= 4 is 0 Å². The Labute approximate surface area is 106 Å². The predicted octanol–water partition coefficient (Wildman–Crippen LogP) is 3.86. The smallest absolute Gasteiger partial charge is 0.0548 e. The average Bonchev–Trinajstić information content (AvgIpc) is 2.67. The summed E-state index contributed by atoms with van der Waals surface area (Å²) in [6.45, 7) is 9.50. The van der Waals surface area contributed by atoms with Crippen LogP contribution >= 0.6 is 0 Å². The van der Waals surface area contributed by atoms with Crippen LogP contribution < -0.4 is 0 Å². The molecule has 0 aromatic rings. The van der Waals surface area contributed by atoms with Gasteiger partial charge in [-0.05, 0) is 67.1 Å². The van der Waals surface area contributed by atoms with E-state index in [1.165, 1.54) is 32.1 Å². The lowest BCUT2D eigenvalue weighted by Crippen LogP contribution is -2.40. The van der Waals surface area contributed by atoms with E-state index in [2.05, 4.69) is 20.8 Å². The summed E-state index contributed by atoms with van der Waals surface area (Å²) in [5, 5.41) is 10.2. The summed E-state index contributed by atoms with van der Waals surface area (Å²) in [7, 11) is 0. The predicted molar refractivity (Wildman–Crippen MR) is 70.6 cm³/mol. The fourth-order valence-electron chi connectivity index (χ4n) is 6.39. The summed E-state index contributed by atoms with van der Waals surface area (Å²) in [6, 6.07) is 0. The average molecular weight is 236 g/mol. The molecular formula is C16H28O. The molecule has 1 N–H and O–H groups in total. The second kappa shape index (κ2) is 3.50. The Balaban J connectivity index is 2.05. The van der Waals surface area contributed by atoms with Crippen LogP contribution in [0.5, 0.6) is 0 Å². The molecule has 4 bridgehead atoms. The third-order valence-corrected chi connectivity index (χ3v) is 6.73. The number of rotatable bonds is 1. The van der Waals surface area contributed by atoms with E-state index < -0.39 is 0 Å². The fourth-order valence-corrected chi connectivity index (χ4v) is 6.39. The minimum atomic E-state index is -0.105. The zero-order valence-electron chi connectivity index (χ0n) is 11.9. The zero-order chi connectivity index (χ0) is 12.4. The van der Waals surface area contributed by atoms with Gasteiger partial charge in [-0.2, -0.15) is 0 Å². The number of aliphatic hydroxyl groups excluding tert-OH is 1. The molecule has 0 spiro atoms. The Kier molecular flexibility index (Phi) is 2.47. The van der Waals surface area contributed by atoms with E-state index in [9.17, 15) is 5.11 Å². The third-order valence-electron chi connectivity index (χ3n) is 6.73. The normalized spacial score (nSPS) is 53.5. The molecule has 3 aliphatic carbocycles. The number of hydrogen-bond donors (Lipinski definition) is 1. The third kappa shape index (κ3) is 1.41. The van der Waals surface area contributed by atoms with Crippen LogP contribution in [-0.2, 0) is 0 Å². The Morgan fingerprint density at radius 3 is 2.47 bits per heavy atom.